The standard InChI is InChI=1S/C22H29F3N4O5SSi/c1-5-33-21-27-20(28-29(21)15-32-12-13-36(2,3)4)17-8-6-16(7-9-17)18-10-11-19(26-14-18)34-35(30,31)22(23,24)25/h6-10,14,19H,5,11-13,15H2,1-4H3. The molecule has 0 N–H and O–H groups in total. The molecule has 0 saturated carbocycles. The lowest BCUT2D eigenvalue weighted by molar-refractivity contribution is -0.0570. The van der Waals surface area contributed by atoms with Crippen molar-refractivity contribution in [1.82, 2.24) is 14.8 Å². The van der Waals surface area contributed by atoms with Crippen LogP contribution in [-0.2, 0) is 25.8 Å². The zero-order valence-corrected chi connectivity index (χ0v) is 22.3. The predicted octanol–water partition coefficient (Wildman–Crippen LogP) is 4.71. The van der Waals surface area contributed by atoms with Crippen molar-refractivity contribution in [3.8, 4) is 17.4 Å². The minimum atomic E-state index is -5.71. The molecular weight excluding hydrogens is 517 g/mol. The molecule has 0 spiro atoms. The van der Waals surface area contributed by atoms with Gasteiger partial charge in [0.2, 0.25) is 0 Å². The monoisotopic (exact) mass is 546 g/mol. The van der Waals surface area contributed by atoms with Crippen molar-refractivity contribution < 1.29 is 35.2 Å². The predicted molar refractivity (Wildman–Crippen MR) is 132 cm³/mol. The number of alkyl halides is 3. The molecule has 0 bridgehead atoms. The molecule has 198 valence electrons. The van der Waals surface area contributed by atoms with Crippen LogP contribution >= 0.6 is 0 Å². The summed E-state index contributed by atoms with van der Waals surface area (Å²) in [6.45, 7) is 9.97. The number of allylic oxidation sites excluding steroid dienone is 1. The highest BCUT2D eigenvalue weighted by Crippen LogP contribution is 2.29. The van der Waals surface area contributed by atoms with Crippen LogP contribution in [0.5, 0.6) is 6.01 Å². The number of dihydropyridines is 1. The number of nitrogens with zero attached hydrogens (tertiary/aromatic N) is 4. The second kappa shape index (κ2) is 11.2. The topological polar surface area (TPSA) is 105 Å². The van der Waals surface area contributed by atoms with Crippen LogP contribution in [0.3, 0.4) is 0 Å². The summed E-state index contributed by atoms with van der Waals surface area (Å²) in [5, 5.41) is 4.50. The third-order valence-electron chi connectivity index (χ3n) is 5.04. The van der Waals surface area contributed by atoms with Gasteiger partial charge in [-0.2, -0.15) is 31.3 Å². The van der Waals surface area contributed by atoms with Crippen LogP contribution in [-0.4, -0.2) is 62.4 Å². The van der Waals surface area contributed by atoms with Gasteiger partial charge in [-0.25, -0.2) is 4.18 Å². The zero-order valence-electron chi connectivity index (χ0n) is 20.4. The Morgan fingerprint density at radius 3 is 2.36 bits per heavy atom. The second-order valence-corrected chi connectivity index (χ2v) is 16.4. The van der Waals surface area contributed by atoms with E-state index in [0.29, 0.717) is 30.6 Å². The lowest BCUT2D eigenvalue weighted by atomic mass is 10.0. The van der Waals surface area contributed by atoms with Crippen molar-refractivity contribution in [2.45, 2.75) is 57.5 Å². The highest BCUT2D eigenvalue weighted by atomic mass is 32.2. The van der Waals surface area contributed by atoms with E-state index in [4.69, 9.17) is 9.47 Å². The third-order valence-corrected chi connectivity index (χ3v) is 7.78. The molecule has 1 aliphatic heterocycles. The maximum absolute atomic E-state index is 12.5. The second-order valence-electron chi connectivity index (χ2n) is 9.20. The molecule has 2 heterocycles. The van der Waals surface area contributed by atoms with Crippen molar-refractivity contribution >= 4 is 30.0 Å². The van der Waals surface area contributed by atoms with Gasteiger partial charge < -0.3 is 9.47 Å². The molecule has 1 aromatic heterocycles. The summed E-state index contributed by atoms with van der Waals surface area (Å²) < 4.78 is 76.9. The molecule has 2 aromatic rings. The van der Waals surface area contributed by atoms with E-state index in [1.54, 1.807) is 35.0 Å². The fraction of sp³-hybridized carbons (Fsp3) is 0.500. The molecule has 9 nitrogen and oxygen atoms in total. The normalized spacial score (nSPS) is 16.8. The molecule has 0 radical (unpaired) electrons. The molecule has 1 unspecified atom stereocenters. The lowest BCUT2D eigenvalue weighted by Crippen LogP contribution is -2.29. The molecule has 36 heavy (non-hydrogen) atoms. The minimum absolute atomic E-state index is 0.121. The fourth-order valence-corrected chi connectivity index (χ4v) is 4.36. The highest BCUT2D eigenvalue weighted by Gasteiger charge is 2.48. The summed E-state index contributed by atoms with van der Waals surface area (Å²) in [5.74, 6) is 0.455. The minimum Gasteiger partial charge on any atom is -0.464 e. The Hall–Kier alpha value is -2.55. The first-order valence-electron chi connectivity index (χ1n) is 11.3. The summed E-state index contributed by atoms with van der Waals surface area (Å²) >= 11 is 0. The molecule has 14 heteroatoms. The van der Waals surface area contributed by atoms with E-state index >= 15 is 0 Å². The Bertz CT molecular complexity index is 1210. The van der Waals surface area contributed by atoms with E-state index in [0.717, 1.165) is 17.2 Å². The van der Waals surface area contributed by atoms with Crippen molar-refractivity contribution in [3.63, 3.8) is 0 Å². The van der Waals surface area contributed by atoms with Gasteiger partial charge in [0.1, 0.15) is 6.73 Å². The van der Waals surface area contributed by atoms with Crippen LogP contribution in [0, 0.1) is 0 Å². The Labute approximate surface area is 209 Å². The molecule has 1 aromatic carbocycles. The van der Waals surface area contributed by atoms with Crippen LogP contribution in [0.2, 0.25) is 25.7 Å². The zero-order chi connectivity index (χ0) is 26.6. The fourth-order valence-electron chi connectivity index (χ4n) is 3.07. The first-order valence-corrected chi connectivity index (χ1v) is 16.4. The van der Waals surface area contributed by atoms with Gasteiger partial charge in [0.25, 0.3) is 0 Å². The molecule has 0 fully saturated rings. The summed E-state index contributed by atoms with van der Waals surface area (Å²) in [4.78, 5) is 8.26. The van der Waals surface area contributed by atoms with Gasteiger partial charge >= 0.3 is 21.6 Å². The third kappa shape index (κ3) is 7.48. The van der Waals surface area contributed by atoms with Crippen molar-refractivity contribution in [2.24, 2.45) is 4.99 Å². The number of aromatic nitrogens is 3. The first-order chi connectivity index (χ1) is 16.8. The van der Waals surface area contributed by atoms with Gasteiger partial charge in [-0.15, -0.1) is 5.10 Å². The van der Waals surface area contributed by atoms with Crippen LogP contribution in [0.25, 0.3) is 17.0 Å². The Kier molecular flexibility index (Phi) is 8.74. The molecule has 0 saturated heterocycles. The van der Waals surface area contributed by atoms with Gasteiger partial charge in [0.05, 0.1) is 6.61 Å². The Morgan fingerprint density at radius 2 is 1.81 bits per heavy atom. The number of hydrogen-bond acceptors (Lipinski definition) is 8. The van der Waals surface area contributed by atoms with E-state index in [2.05, 4.69) is 38.9 Å². The smallest absolute Gasteiger partial charge is 0.464 e. The molecule has 3 rings (SSSR count). The van der Waals surface area contributed by atoms with E-state index in [1.165, 1.54) is 6.21 Å². The highest BCUT2D eigenvalue weighted by molar-refractivity contribution is 7.87. The number of ether oxygens (including phenoxy) is 2. The SMILES string of the molecule is CCOc1nc(-c2ccc(C3=CCC(OS(=O)(=O)C(F)(F)F)N=C3)cc2)nn1COCC[Si](C)(C)C. The summed E-state index contributed by atoms with van der Waals surface area (Å²) in [5.41, 5.74) is -3.41. The largest absolute Gasteiger partial charge is 0.523 e. The average Bonchev–Trinajstić information content (AvgIpc) is 3.19. The van der Waals surface area contributed by atoms with E-state index in [9.17, 15) is 21.6 Å². The van der Waals surface area contributed by atoms with Gasteiger partial charge in [-0.3, -0.25) is 4.99 Å². The first kappa shape index (κ1) is 28.0. The summed E-state index contributed by atoms with van der Waals surface area (Å²) in [7, 11) is -6.92. The molecule has 1 aliphatic rings. The van der Waals surface area contributed by atoms with Crippen LogP contribution in [0.1, 0.15) is 18.9 Å². The number of benzene rings is 1. The Morgan fingerprint density at radius 1 is 1.14 bits per heavy atom. The molecule has 1 atom stereocenters. The van der Waals surface area contributed by atoms with Crippen molar-refractivity contribution in [2.75, 3.05) is 13.2 Å². The van der Waals surface area contributed by atoms with Gasteiger partial charge in [-0.05, 0) is 24.1 Å². The Balaban J connectivity index is 1.66. The van der Waals surface area contributed by atoms with Crippen molar-refractivity contribution in [3.05, 3.63) is 35.9 Å². The van der Waals surface area contributed by atoms with Crippen LogP contribution in [0.15, 0.2) is 35.3 Å². The van der Waals surface area contributed by atoms with E-state index < -0.39 is 29.9 Å². The number of aliphatic imine (C=N–C) groups is 1. The average molecular weight is 547 g/mol. The van der Waals surface area contributed by atoms with Gasteiger partial charge in [0.15, 0.2) is 12.1 Å². The summed E-state index contributed by atoms with van der Waals surface area (Å²) in [6, 6.07) is 8.54. The van der Waals surface area contributed by atoms with E-state index in [1.807, 2.05) is 6.92 Å². The maximum Gasteiger partial charge on any atom is 0.523 e. The number of rotatable bonds is 11. The van der Waals surface area contributed by atoms with Gasteiger partial charge in [-0.1, -0.05) is 50.0 Å². The van der Waals surface area contributed by atoms with Gasteiger partial charge in [0, 0.05) is 32.9 Å². The molecule has 0 amide bonds. The summed E-state index contributed by atoms with van der Waals surface area (Å²) in [6.07, 6.45) is 1.27. The van der Waals surface area contributed by atoms with E-state index in [-0.39, 0.29) is 13.2 Å². The maximum atomic E-state index is 12.5. The number of halogens is 3. The molecular formula is C22H29F3N4O5SSi. The van der Waals surface area contributed by atoms with Crippen LogP contribution in [0.4, 0.5) is 13.2 Å². The van der Waals surface area contributed by atoms with Crippen molar-refractivity contribution in [1.29, 1.82) is 0 Å². The lowest BCUT2D eigenvalue weighted by Gasteiger charge is -2.17. The van der Waals surface area contributed by atoms with Crippen LogP contribution < -0.4 is 4.74 Å². The molecule has 0 aliphatic carbocycles. The number of hydrogen-bond donors (Lipinski definition) is 0. The quantitative estimate of drug-likeness (QED) is 0.174.